The van der Waals surface area contributed by atoms with Gasteiger partial charge in [-0.25, -0.2) is 0 Å². The summed E-state index contributed by atoms with van der Waals surface area (Å²) in [4.78, 5) is 4.61. The fourth-order valence-electron chi connectivity index (χ4n) is 2.51. The first kappa shape index (κ1) is 16.8. The minimum absolute atomic E-state index is 0.0245. The fourth-order valence-corrected chi connectivity index (χ4v) is 3.08. The Bertz CT molecular complexity index is 839. The molecule has 0 amide bonds. The second-order valence-electron chi connectivity index (χ2n) is 5.61. The second kappa shape index (κ2) is 7.65. The predicted octanol–water partition coefficient (Wildman–Crippen LogP) is 6.84. The van der Waals surface area contributed by atoms with Crippen molar-refractivity contribution in [2.24, 2.45) is 4.99 Å². The molecule has 0 spiro atoms. The van der Waals surface area contributed by atoms with E-state index in [-0.39, 0.29) is 6.04 Å². The third kappa shape index (κ3) is 4.05. The van der Waals surface area contributed by atoms with Crippen LogP contribution in [-0.4, -0.2) is 6.21 Å². The van der Waals surface area contributed by atoms with E-state index in [9.17, 15) is 0 Å². The van der Waals surface area contributed by atoms with Gasteiger partial charge in [-0.1, -0.05) is 83.9 Å². The summed E-state index contributed by atoms with van der Waals surface area (Å²) >= 11 is 12.2. The molecule has 0 bridgehead atoms. The molecule has 0 aromatic heterocycles. The Labute approximate surface area is 152 Å². The zero-order valence-electron chi connectivity index (χ0n) is 13.3. The van der Waals surface area contributed by atoms with Crippen molar-refractivity contribution in [2.75, 3.05) is 0 Å². The Morgan fingerprint density at radius 2 is 1.50 bits per heavy atom. The molecule has 3 aromatic rings. The fraction of sp³-hybridized carbons (Fsp3) is 0.0952. The molecule has 0 heterocycles. The number of nitrogens with zero attached hydrogens (tertiary/aromatic N) is 1. The van der Waals surface area contributed by atoms with E-state index in [1.54, 1.807) is 6.07 Å². The molecule has 24 heavy (non-hydrogen) atoms. The van der Waals surface area contributed by atoms with Crippen LogP contribution in [0.4, 0.5) is 0 Å². The van der Waals surface area contributed by atoms with Crippen LogP contribution in [0.1, 0.15) is 24.1 Å². The minimum atomic E-state index is -0.0245. The molecule has 1 atom stereocenters. The van der Waals surface area contributed by atoms with Crippen LogP contribution in [0.3, 0.4) is 0 Å². The van der Waals surface area contributed by atoms with E-state index in [2.05, 4.69) is 41.4 Å². The van der Waals surface area contributed by atoms with Crippen LogP contribution < -0.4 is 0 Å². The Morgan fingerprint density at radius 3 is 2.17 bits per heavy atom. The van der Waals surface area contributed by atoms with Gasteiger partial charge in [-0.05, 0) is 41.3 Å². The molecule has 120 valence electrons. The molecular formula is C21H17Cl2N. The molecule has 3 rings (SSSR count). The maximum atomic E-state index is 6.24. The van der Waals surface area contributed by atoms with Gasteiger partial charge in [0, 0.05) is 16.3 Å². The van der Waals surface area contributed by atoms with Crippen molar-refractivity contribution in [3.8, 4) is 11.1 Å². The SMILES string of the molecule is CC(/N=C\c1ccc(-c2ccccc2)cc1)c1ccc(Cl)cc1Cl. The number of hydrogen-bond donors (Lipinski definition) is 0. The lowest BCUT2D eigenvalue weighted by Gasteiger charge is -2.09. The van der Waals surface area contributed by atoms with Crippen LogP contribution in [0.5, 0.6) is 0 Å². The topological polar surface area (TPSA) is 12.4 Å². The van der Waals surface area contributed by atoms with Crippen molar-refractivity contribution in [3.63, 3.8) is 0 Å². The Morgan fingerprint density at radius 1 is 0.833 bits per heavy atom. The summed E-state index contributed by atoms with van der Waals surface area (Å²) in [5.74, 6) is 0. The minimum Gasteiger partial charge on any atom is -0.285 e. The monoisotopic (exact) mass is 353 g/mol. The third-order valence-electron chi connectivity index (χ3n) is 3.88. The number of hydrogen-bond acceptors (Lipinski definition) is 1. The highest BCUT2D eigenvalue weighted by Gasteiger charge is 2.08. The van der Waals surface area contributed by atoms with Crippen LogP contribution in [0.2, 0.25) is 10.0 Å². The van der Waals surface area contributed by atoms with E-state index in [0.717, 1.165) is 11.1 Å². The van der Waals surface area contributed by atoms with E-state index in [0.29, 0.717) is 10.0 Å². The normalized spacial score (nSPS) is 12.5. The first-order valence-corrected chi connectivity index (χ1v) is 8.53. The summed E-state index contributed by atoms with van der Waals surface area (Å²) < 4.78 is 0. The van der Waals surface area contributed by atoms with E-state index in [4.69, 9.17) is 23.2 Å². The molecule has 3 aromatic carbocycles. The molecule has 1 unspecified atom stereocenters. The molecule has 0 aliphatic carbocycles. The highest BCUT2D eigenvalue weighted by atomic mass is 35.5. The van der Waals surface area contributed by atoms with Gasteiger partial charge in [0.15, 0.2) is 0 Å². The first-order valence-electron chi connectivity index (χ1n) is 7.77. The van der Waals surface area contributed by atoms with Crippen LogP contribution in [0.15, 0.2) is 77.8 Å². The molecule has 0 aliphatic rings. The van der Waals surface area contributed by atoms with Crippen molar-refractivity contribution in [2.45, 2.75) is 13.0 Å². The smallest absolute Gasteiger partial charge is 0.0735 e. The maximum absolute atomic E-state index is 6.24. The summed E-state index contributed by atoms with van der Waals surface area (Å²) in [7, 11) is 0. The average Bonchev–Trinajstić information content (AvgIpc) is 2.61. The quantitative estimate of drug-likeness (QED) is 0.455. The molecule has 0 aliphatic heterocycles. The van der Waals surface area contributed by atoms with Crippen molar-refractivity contribution >= 4 is 29.4 Å². The lowest BCUT2D eigenvalue weighted by Crippen LogP contribution is -1.92. The van der Waals surface area contributed by atoms with Crippen molar-refractivity contribution in [3.05, 3.63) is 94.0 Å². The predicted molar refractivity (Wildman–Crippen MR) is 104 cm³/mol. The maximum Gasteiger partial charge on any atom is 0.0735 e. The zero-order valence-corrected chi connectivity index (χ0v) is 14.8. The number of halogens is 2. The lowest BCUT2D eigenvalue weighted by molar-refractivity contribution is 0.825. The Kier molecular flexibility index (Phi) is 5.34. The van der Waals surface area contributed by atoms with Crippen LogP contribution in [0, 0.1) is 0 Å². The van der Waals surface area contributed by atoms with Crippen molar-refractivity contribution in [1.29, 1.82) is 0 Å². The Balaban J connectivity index is 1.74. The average molecular weight is 354 g/mol. The highest BCUT2D eigenvalue weighted by Crippen LogP contribution is 2.28. The van der Waals surface area contributed by atoms with E-state index < -0.39 is 0 Å². The third-order valence-corrected chi connectivity index (χ3v) is 4.44. The Hall–Kier alpha value is -2.09. The molecule has 3 heteroatoms. The highest BCUT2D eigenvalue weighted by molar-refractivity contribution is 6.35. The first-order chi connectivity index (χ1) is 11.6. The largest absolute Gasteiger partial charge is 0.285 e. The van der Waals surface area contributed by atoms with Crippen molar-refractivity contribution < 1.29 is 0 Å². The van der Waals surface area contributed by atoms with E-state index in [1.165, 1.54) is 11.1 Å². The molecule has 1 nitrogen and oxygen atoms in total. The number of benzene rings is 3. The van der Waals surface area contributed by atoms with E-state index in [1.807, 2.05) is 43.5 Å². The van der Waals surface area contributed by atoms with Crippen molar-refractivity contribution in [1.82, 2.24) is 0 Å². The lowest BCUT2D eigenvalue weighted by atomic mass is 10.0. The van der Waals surface area contributed by atoms with Gasteiger partial charge in [-0.15, -0.1) is 0 Å². The number of aliphatic imine (C=N–C) groups is 1. The molecule has 0 saturated heterocycles. The van der Waals surface area contributed by atoms with Gasteiger partial charge in [0.2, 0.25) is 0 Å². The van der Waals surface area contributed by atoms with Crippen LogP contribution in [0.25, 0.3) is 11.1 Å². The van der Waals surface area contributed by atoms with Gasteiger partial charge in [0.25, 0.3) is 0 Å². The molecule has 0 radical (unpaired) electrons. The second-order valence-corrected chi connectivity index (χ2v) is 6.45. The van der Waals surface area contributed by atoms with E-state index >= 15 is 0 Å². The molecule has 0 fully saturated rings. The molecule has 0 saturated carbocycles. The van der Waals surface area contributed by atoms with Crippen LogP contribution in [-0.2, 0) is 0 Å². The van der Waals surface area contributed by atoms with Gasteiger partial charge >= 0.3 is 0 Å². The zero-order chi connectivity index (χ0) is 16.9. The van der Waals surface area contributed by atoms with Crippen LogP contribution >= 0.6 is 23.2 Å². The van der Waals surface area contributed by atoms with Gasteiger partial charge in [0.1, 0.15) is 0 Å². The van der Waals surface area contributed by atoms with Gasteiger partial charge in [-0.3, -0.25) is 4.99 Å². The van der Waals surface area contributed by atoms with Gasteiger partial charge < -0.3 is 0 Å². The summed E-state index contributed by atoms with van der Waals surface area (Å²) in [6.07, 6.45) is 1.88. The summed E-state index contributed by atoms with van der Waals surface area (Å²) in [5.41, 5.74) is 4.44. The number of rotatable bonds is 4. The van der Waals surface area contributed by atoms with Gasteiger partial charge in [0.05, 0.1) is 6.04 Å². The standard InChI is InChI=1S/C21H17Cl2N/c1-15(20-12-11-19(22)13-21(20)23)24-14-16-7-9-18(10-8-16)17-5-3-2-4-6-17/h2-15H,1H3/b24-14-. The molecular weight excluding hydrogens is 337 g/mol. The molecule has 0 N–H and O–H groups in total. The summed E-state index contributed by atoms with van der Waals surface area (Å²) in [6, 6.07) is 24.2. The summed E-state index contributed by atoms with van der Waals surface area (Å²) in [5, 5.41) is 1.28. The summed E-state index contributed by atoms with van der Waals surface area (Å²) in [6.45, 7) is 2.02. The van der Waals surface area contributed by atoms with Gasteiger partial charge in [-0.2, -0.15) is 0 Å².